The van der Waals surface area contributed by atoms with Crippen molar-refractivity contribution in [3.05, 3.63) is 59.7 Å². The molecule has 1 fully saturated rings. The van der Waals surface area contributed by atoms with Crippen LogP contribution < -0.4 is 16.2 Å². The van der Waals surface area contributed by atoms with Crippen molar-refractivity contribution in [2.45, 2.75) is 24.7 Å². The summed E-state index contributed by atoms with van der Waals surface area (Å²) in [4.78, 5) is 35.7. The van der Waals surface area contributed by atoms with Crippen molar-refractivity contribution in [2.24, 2.45) is 0 Å². The average molecular weight is 430 g/mol. The normalized spacial score (nSPS) is 14.2. The third kappa shape index (κ3) is 5.02. The molecule has 0 unspecified atom stereocenters. The van der Waals surface area contributed by atoms with Crippen LogP contribution in [0.1, 0.15) is 40.5 Å². The van der Waals surface area contributed by atoms with Crippen LogP contribution in [0.25, 0.3) is 0 Å². The second-order valence-corrected chi connectivity index (χ2v) is 8.74. The first kappa shape index (κ1) is 21.5. The van der Waals surface area contributed by atoms with Gasteiger partial charge in [0.15, 0.2) is 0 Å². The molecule has 3 amide bonds. The van der Waals surface area contributed by atoms with Gasteiger partial charge in [-0.3, -0.25) is 25.2 Å². The smallest absolute Gasteiger partial charge is 0.269 e. The number of hydrazine groups is 1. The molecule has 2 aromatic rings. The van der Waals surface area contributed by atoms with E-state index in [1.54, 1.807) is 12.1 Å². The Hall–Kier alpha value is -3.24. The Morgan fingerprint density at radius 1 is 0.867 bits per heavy atom. The number of nitrogens with zero attached hydrogens (tertiary/aromatic N) is 1. The SMILES string of the molecule is CC(=O)Nc1cccc(C(=O)NNC(=O)c2ccc(S(=O)(=O)N3CCCC3)cc2)c1. The Morgan fingerprint density at radius 2 is 1.47 bits per heavy atom. The number of rotatable bonds is 5. The van der Waals surface area contributed by atoms with Crippen LogP contribution in [-0.4, -0.2) is 43.5 Å². The summed E-state index contributed by atoms with van der Waals surface area (Å²) >= 11 is 0. The molecule has 3 N–H and O–H groups in total. The van der Waals surface area contributed by atoms with Crippen molar-refractivity contribution in [1.29, 1.82) is 0 Å². The van der Waals surface area contributed by atoms with Gasteiger partial charge in [0.05, 0.1) is 4.90 Å². The zero-order valence-corrected chi connectivity index (χ0v) is 17.2. The molecule has 1 aliphatic rings. The van der Waals surface area contributed by atoms with E-state index in [2.05, 4.69) is 16.2 Å². The Bertz CT molecular complexity index is 1060. The van der Waals surface area contributed by atoms with Gasteiger partial charge in [-0.15, -0.1) is 0 Å². The van der Waals surface area contributed by atoms with E-state index >= 15 is 0 Å². The quantitative estimate of drug-likeness (QED) is 0.620. The second kappa shape index (κ2) is 9.06. The monoisotopic (exact) mass is 430 g/mol. The van der Waals surface area contributed by atoms with Gasteiger partial charge in [0.2, 0.25) is 15.9 Å². The lowest BCUT2D eigenvalue weighted by atomic mass is 10.2. The van der Waals surface area contributed by atoms with Crippen LogP contribution in [0.5, 0.6) is 0 Å². The van der Waals surface area contributed by atoms with Crippen LogP contribution in [0, 0.1) is 0 Å². The first-order chi connectivity index (χ1) is 14.3. The van der Waals surface area contributed by atoms with Gasteiger partial charge in [0, 0.05) is 36.8 Å². The molecule has 3 rings (SSSR count). The van der Waals surface area contributed by atoms with Crippen molar-refractivity contribution in [2.75, 3.05) is 18.4 Å². The summed E-state index contributed by atoms with van der Waals surface area (Å²) in [5.41, 5.74) is 5.47. The number of amides is 3. The molecule has 9 nitrogen and oxygen atoms in total. The topological polar surface area (TPSA) is 125 Å². The van der Waals surface area contributed by atoms with Gasteiger partial charge in [-0.05, 0) is 55.3 Å². The molecule has 0 bridgehead atoms. The van der Waals surface area contributed by atoms with E-state index in [9.17, 15) is 22.8 Å². The molecule has 0 atom stereocenters. The fraction of sp³-hybridized carbons (Fsp3) is 0.250. The van der Waals surface area contributed by atoms with Gasteiger partial charge >= 0.3 is 0 Å². The maximum Gasteiger partial charge on any atom is 0.269 e. The summed E-state index contributed by atoms with van der Waals surface area (Å²) in [6.07, 6.45) is 1.68. The lowest BCUT2D eigenvalue weighted by Crippen LogP contribution is -2.41. The molecule has 1 aliphatic heterocycles. The van der Waals surface area contributed by atoms with Gasteiger partial charge in [0.1, 0.15) is 0 Å². The Balaban J connectivity index is 1.61. The molecule has 0 radical (unpaired) electrons. The summed E-state index contributed by atoms with van der Waals surface area (Å²) in [5.74, 6) is -1.42. The predicted molar refractivity (Wildman–Crippen MR) is 110 cm³/mol. The highest BCUT2D eigenvalue weighted by atomic mass is 32.2. The van der Waals surface area contributed by atoms with Crippen molar-refractivity contribution < 1.29 is 22.8 Å². The second-order valence-electron chi connectivity index (χ2n) is 6.81. The van der Waals surface area contributed by atoms with Gasteiger partial charge in [-0.1, -0.05) is 6.07 Å². The number of carbonyl (C=O) groups excluding carboxylic acids is 3. The zero-order chi connectivity index (χ0) is 21.7. The minimum atomic E-state index is -3.55. The standard InChI is InChI=1S/C20H22N4O5S/c1-14(25)21-17-6-4-5-16(13-17)20(27)23-22-19(26)15-7-9-18(10-8-15)30(28,29)24-11-2-3-12-24/h4-10,13H,2-3,11-12H2,1H3,(H,21,25)(H,22,26)(H,23,27). The highest BCUT2D eigenvalue weighted by Gasteiger charge is 2.27. The first-order valence-electron chi connectivity index (χ1n) is 9.36. The van der Waals surface area contributed by atoms with Gasteiger partial charge in [0.25, 0.3) is 11.8 Å². The molecule has 30 heavy (non-hydrogen) atoms. The van der Waals surface area contributed by atoms with E-state index in [1.165, 1.54) is 47.6 Å². The molecule has 0 aromatic heterocycles. The number of sulfonamides is 1. The summed E-state index contributed by atoms with van der Waals surface area (Å²) in [5, 5.41) is 2.57. The van der Waals surface area contributed by atoms with Crippen LogP contribution in [0.15, 0.2) is 53.4 Å². The Kier molecular flexibility index (Phi) is 6.48. The van der Waals surface area contributed by atoms with E-state index in [0.717, 1.165) is 12.8 Å². The molecule has 10 heteroatoms. The lowest BCUT2D eigenvalue weighted by molar-refractivity contribution is -0.114. The van der Waals surface area contributed by atoms with Crippen molar-refractivity contribution >= 4 is 33.4 Å². The number of benzene rings is 2. The van der Waals surface area contributed by atoms with Crippen LogP contribution in [-0.2, 0) is 14.8 Å². The molecule has 0 aliphatic carbocycles. The van der Waals surface area contributed by atoms with Crippen LogP contribution in [0.2, 0.25) is 0 Å². The van der Waals surface area contributed by atoms with Crippen LogP contribution in [0.3, 0.4) is 0 Å². The van der Waals surface area contributed by atoms with Gasteiger partial charge < -0.3 is 5.32 Å². The first-order valence-corrected chi connectivity index (χ1v) is 10.8. The maximum atomic E-state index is 12.5. The third-order valence-electron chi connectivity index (χ3n) is 4.55. The Morgan fingerprint density at radius 3 is 2.07 bits per heavy atom. The number of carbonyl (C=O) groups is 3. The number of hydrogen-bond donors (Lipinski definition) is 3. The highest BCUT2D eigenvalue weighted by Crippen LogP contribution is 2.21. The minimum absolute atomic E-state index is 0.125. The van der Waals surface area contributed by atoms with Crippen molar-refractivity contribution in [3.8, 4) is 0 Å². The molecule has 158 valence electrons. The van der Waals surface area contributed by atoms with E-state index in [0.29, 0.717) is 18.8 Å². The third-order valence-corrected chi connectivity index (χ3v) is 6.47. The molecule has 1 saturated heterocycles. The molecule has 0 spiro atoms. The summed E-state index contributed by atoms with van der Waals surface area (Å²) in [6, 6.07) is 11.8. The largest absolute Gasteiger partial charge is 0.326 e. The maximum absolute atomic E-state index is 12.5. The average Bonchev–Trinajstić information content (AvgIpc) is 3.27. The summed E-state index contributed by atoms with van der Waals surface area (Å²) in [7, 11) is -3.55. The van der Waals surface area contributed by atoms with Crippen molar-refractivity contribution in [3.63, 3.8) is 0 Å². The molecular weight excluding hydrogens is 408 g/mol. The summed E-state index contributed by atoms with van der Waals surface area (Å²) in [6.45, 7) is 2.36. The van der Waals surface area contributed by atoms with Crippen LogP contribution >= 0.6 is 0 Å². The van der Waals surface area contributed by atoms with Gasteiger partial charge in [-0.2, -0.15) is 4.31 Å². The molecular formula is C20H22N4O5S. The van der Waals surface area contributed by atoms with E-state index in [4.69, 9.17) is 0 Å². The summed E-state index contributed by atoms with van der Waals surface area (Å²) < 4.78 is 26.5. The van der Waals surface area contributed by atoms with E-state index in [-0.39, 0.29) is 21.9 Å². The van der Waals surface area contributed by atoms with Crippen molar-refractivity contribution in [1.82, 2.24) is 15.2 Å². The fourth-order valence-electron chi connectivity index (χ4n) is 3.06. The number of anilines is 1. The number of nitrogens with one attached hydrogen (secondary N) is 3. The lowest BCUT2D eigenvalue weighted by Gasteiger charge is -2.15. The highest BCUT2D eigenvalue weighted by molar-refractivity contribution is 7.89. The fourth-order valence-corrected chi connectivity index (χ4v) is 4.57. The molecule has 2 aromatic carbocycles. The minimum Gasteiger partial charge on any atom is -0.326 e. The predicted octanol–water partition coefficient (Wildman–Crippen LogP) is 1.50. The molecule has 1 heterocycles. The van der Waals surface area contributed by atoms with E-state index < -0.39 is 21.8 Å². The van der Waals surface area contributed by atoms with Gasteiger partial charge in [-0.25, -0.2) is 8.42 Å². The zero-order valence-electron chi connectivity index (χ0n) is 16.3. The Labute approximate surface area is 174 Å². The molecule has 0 saturated carbocycles. The van der Waals surface area contributed by atoms with Crippen LogP contribution in [0.4, 0.5) is 5.69 Å². The van der Waals surface area contributed by atoms with E-state index in [1.807, 2.05) is 0 Å². The number of hydrogen-bond acceptors (Lipinski definition) is 5.